The number of benzene rings is 1. The number of Topliss-reactive ketones (excluding diaryl/α,β-unsaturated/α-hetero) is 1. The van der Waals surface area contributed by atoms with Crippen molar-refractivity contribution in [2.75, 3.05) is 0 Å². The number of carbonyl (C=O) groups excluding carboxylic acids is 2. The normalized spacial score (nSPS) is 12.7. The molecular formula is C28H34F2N2O4. The van der Waals surface area contributed by atoms with Gasteiger partial charge in [-0.2, -0.15) is 0 Å². The number of aryl methyl sites for hydroxylation is 1. The molecule has 0 fully saturated rings. The average Bonchev–Trinajstić information content (AvgIpc) is 3.11. The molecule has 3 aromatic rings. The van der Waals surface area contributed by atoms with Crippen LogP contribution in [0.25, 0.3) is 5.65 Å². The number of esters is 1. The Morgan fingerprint density at radius 3 is 2.36 bits per heavy atom. The lowest BCUT2D eigenvalue weighted by molar-refractivity contribution is -0.156. The van der Waals surface area contributed by atoms with Crippen LogP contribution in [0, 0.1) is 30.4 Å². The summed E-state index contributed by atoms with van der Waals surface area (Å²) in [7, 11) is 0. The van der Waals surface area contributed by atoms with E-state index in [1.165, 1.54) is 18.2 Å². The average molecular weight is 501 g/mol. The van der Waals surface area contributed by atoms with E-state index in [1.54, 1.807) is 29.7 Å². The zero-order valence-electron chi connectivity index (χ0n) is 21.7. The summed E-state index contributed by atoms with van der Waals surface area (Å²) in [5.41, 5.74) is 0.613. The van der Waals surface area contributed by atoms with Crippen molar-refractivity contribution in [3.05, 3.63) is 65.1 Å². The molecule has 0 radical (unpaired) electrons. The van der Waals surface area contributed by atoms with E-state index in [1.807, 2.05) is 34.6 Å². The smallest absolute Gasteiger partial charge is 0.306 e. The van der Waals surface area contributed by atoms with E-state index < -0.39 is 17.2 Å². The fourth-order valence-electron chi connectivity index (χ4n) is 4.13. The van der Waals surface area contributed by atoms with Crippen LogP contribution in [0.4, 0.5) is 8.78 Å². The lowest BCUT2D eigenvalue weighted by atomic mass is 9.87. The minimum absolute atomic E-state index is 0.00199. The maximum absolute atomic E-state index is 14.0. The predicted octanol–water partition coefficient (Wildman–Crippen LogP) is 6.47. The molecule has 6 nitrogen and oxygen atoms in total. The van der Waals surface area contributed by atoms with Crippen LogP contribution < -0.4 is 4.74 Å². The first-order valence-corrected chi connectivity index (χ1v) is 12.2. The SMILES string of the molecule is Cc1nc2c(OCc3c(F)cccc3F)cccn2c1C(=O)CCC(CC(=O)OC(C)(C)C)C(C)C. The summed E-state index contributed by atoms with van der Waals surface area (Å²) in [6.45, 7) is 11.0. The number of hydrogen-bond donors (Lipinski definition) is 0. The number of rotatable bonds is 10. The monoisotopic (exact) mass is 500 g/mol. The number of halogens is 2. The van der Waals surface area contributed by atoms with Crippen molar-refractivity contribution in [3.8, 4) is 5.75 Å². The molecule has 0 N–H and O–H groups in total. The molecule has 3 rings (SSSR count). The lowest BCUT2D eigenvalue weighted by Crippen LogP contribution is -2.26. The second kappa shape index (κ2) is 11.2. The molecule has 194 valence electrons. The molecule has 0 aliphatic rings. The Hall–Kier alpha value is -3.29. The quantitative estimate of drug-likeness (QED) is 0.236. The Morgan fingerprint density at radius 2 is 1.75 bits per heavy atom. The molecule has 0 aliphatic carbocycles. The van der Waals surface area contributed by atoms with E-state index in [4.69, 9.17) is 9.47 Å². The van der Waals surface area contributed by atoms with Gasteiger partial charge in [0, 0.05) is 19.0 Å². The Bertz CT molecular complexity index is 1220. The third kappa shape index (κ3) is 6.68. The zero-order chi connectivity index (χ0) is 26.6. The van der Waals surface area contributed by atoms with Crippen LogP contribution in [0.1, 0.15) is 75.6 Å². The fraction of sp³-hybridized carbons (Fsp3) is 0.464. The summed E-state index contributed by atoms with van der Waals surface area (Å²) < 4.78 is 40.8. The molecule has 0 amide bonds. The van der Waals surface area contributed by atoms with Crippen molar-refractivity contribution < 1.29 is 27.8 Å². The topological polar surface area (TPSA) is 69.9 Å². The summed E-state index contributed by atoms with van der Waals surface area (Å²) in [6.07, 6.45) is 2.73. The van der Waals surface area contributed by atoms with Crippen molar-refractivity contribution >= 4 is 17.4 Å². The largest absolute Gasteiger partial charge is 0.485 e. The molecule has 2 aromatic heterocycles. The molecule has 0 spiro atoms. The molecule has 36 heavy (non-hydrogen) atoms. The highest BCUT2D eigenvalue weighted by atomic mass is 19.1. The number of carbonyl (C=O) groups is 2. The van der Waals surface area contributed by atoms with Gasteiger partial charge in [0.1, 0.15) is 29.5 Å². The minimum Gasteiger partial charge on any atom is -0.485 e. The van der Waals surface area contributed by atoms with Crippen LogP contribution in [0.3, 0.4) is 0 Å². The molecule has 0 aliphatic heterocycles. The van der Waals surface area contributed by atoms with E-state index in [9.17, 15) is 18.4 Å². The third-order valence-electron chi connectivity index (χ3n) is 6.02. The Balaban J connectivity index is 1.75. The number of ketones is 1. The summed E-state index contributed by atoms with van der Waals surface area (Å²) >= 11 is 0. The Labute approximate surface area is 210 Å². The van der Waals surface area contributed by atoms with Gasteiger partial charge in [-0.1, -0.05) is 19.9 Å². The summed E-state index contributed by atoms with van der Waals surface area (Å²) in [5.74, 6) is -1.25. The van der Waals surface area contributed by atoms with Gasteiger partial charge in [-0.05, 0) is 70.2 Å². The highest BCUT2D eigenvalue weighted by molar-refractivity contribution is 5.96. The van der Waals surface area contributed by atoms with Gasteiger partial charge in [0.05, 0.1) is 11.3 Å². The minimum atomic E-state index is -0.691. The second-order valence-corrected chi connectivity index (χ2v) is 10.4. The third-order valence-corrected chi connectivity index (χ3v) is 6.02. The summed E-state index contributed by atoms with van der Waals surface area (Å²) in [6, 6.07) is 6.97. The van der Waals surface area contributed by atoms with E-state index >= 15 is 0 Å². The molecule has 1 unspecified atom stereocenters. The summed E-state index contributed by atoms with van der Waals surface area (Å²) in [5, 5.41) is 0. The maximum atomic E-state index is 14.0. The molecule has 0 saturated carbocycles. The number of imidazole rings is 1. The van der Waals surface area contributed by atoms with E-state index in [-0.39, 0.29) is 48.6 Å². The molecule has 1 aromatic carbocycles. The lowest BCUT2D eigenvalue weighted by Gasteiger charge is -2.24. The van der Waals surface area contributed by atoms with Crippen LogP contribution in [0.15, 0.2) is 36.5 Å². The van der Waals surface area contributed by atoms with Gasteiger partial charge in [0.15, 0.2) is 17.2 Å². The number of fused-ring (bicyclic) bond motifs is 1. The van der Waals surface area contributed by atoms with Gasteiger partial charge in [-0.3, -0.25) is 14.0 Å². The van der Waals surface area contributed by atoms with Gasteiger partial charge in [-0.15, -0.1) is 0 Å². The van der Waals surface area contributed by atoms with Crippen LogP contribution in [-0.4, -0.2) is 26.7 Å². The molecule has 0 saturated heterocycles. The van der Waals surface area contributed by atoms with Crippen molar-refractivity contribution in [1.29, 1.82) is 0 Å². The van der Waals surface area contributed by atoms with E-state index in [0.29, 0.717) is 29.2 Å². The Kier molecular flexibility index (Phi) is 8.48. The number of nitrogens with zero attached hydrogens (tertiary/aromatic N) is 2. The first kappa shape index (κ1) is 27.3. The molecular weight excluding hydrogens is 466 g/mol. The van der Waals surface area contributed by atoms with Crippen LogP contribution in [0.2, 0.25) is 0 Å². The highest BCUT2D eigenvalue weighted by Gasteiger charge is 2.25. The predicted molar refractivity (Wildman–Crippen MR) is 133 cm³/mol. The van der Waals surface area contributed by atoms with Crippen molar-refractivity contribution in [1.82, 2.24) is 9.38 Å². The highest BCUT2D eigenvalue weighted by Crippen LogP contribution is 2.27. The van der Waals surface area contributed by atoms with Crippen molar-refractivity contribution in [2.24, 2.45) is 11.8 Å². The number of hydrogen-bond acceptors (Lipinski definition) is 5. The standard InChI is InChI=1S/C28H34F2N2O4/c1-17(2)19(15-25(34)36-28(4,5)6)12-13-23(33)26-18(3)31-27-24(11-8-14-32(26)27)35-16-20-21(29)9-7-10-22(20)30/h7-11,14,17,19H,12-13,15-16H2,1-6H3. The summed E-state index contributed by atoms with van der Waals surface area (Å²) in [4.78, 5) is 30.1. The van der Waals surface area contributed by atoms with Gasteiger partial charge in [-0.25, -0.2) is 13.8 Å². The van der Waals surface area contributed by atoms with Gasteiger partial charge < -0.3 is 9.47 Å². The maximum Gasteiger partial charge on any atom is 0.306 e. The fourth-order valence-corrected chi connectivity index (χ4v) is 4.13. The van der Waals surface area contributed by atoms with Gasteiger partial charge >= 0.3 is 5.97 Å². The van der Waals surface area contributed by atoms with E-state index in [2.05, 4.69) is 4.98 Å². The van der Waals surface area contributed by atoms with Crippen LogP contribution in [-0.2, 0) is 16.1 Å². The van der Waals surface area contributed by atoms with Crippen LogP contribution >= 0.6 is 0 Å². The van der Waals surface area contributed by atoms with Gasteiger partial charge in [0.2, 0.25) is 0 Å². The van der Waals surface area contributed by atoms with Crippen molar-refractivity contribution in [3.63, 3.8) is 0 Å². The zero-order valence-corrected chi connectivity index (χ0v) is 21.7. The number of aromatic nitrogens is 2. The second-order valence-electron chi connectivity index (χ2n) is 10.4. The number of ether oxygens (including phenoxy) is 2. The first-order valence-electron chi connectivity index (χ1n) is 12.2. The van der Waals surface area contributed by atoms with Gasteiger partial charge in [0.25, 0.3) is 0 Å². The molecule has 0 bridgehead atoms. The Morgan fingerprint density at radius 1 is 1.08 bits per heavy atom. The first-order chi connectivity index (χ1) is 16.9. The molecule has 2 heterocycles. The van der Waals surface area contributed by atoms with Crippen LogP contribution in [0.5, 0.6) is 5.75 Å². The number of pyridine rings is 1. The molecule has 8 heteroatoms. The van der Waals surface area contributed by atoms with E-state index in [0.717, 1.165) is 0 Å². The van der Waals surface area contributed by atoms with Crippen molar-refractivity contribution in [2.45, 2.75) is 73.0 Å². The molecule has 1 atom stereocenters.